The van der Waals surface area contributed by atoms with Crippen LogP contribution in [0.25, 0.3) is 22.0 Å². The van der Waals surface area contributed by atoms with Gasteiger partial charge in [0.05, 0.1) is 29.1 Å². The van der Waals surface area contributed by atoms with Gasteiger partial charge in [-0.2, -0.15) is 14.8 Å². The maximum absolute atomic E-state index is 15.1. The van der Waals surface area contributed by atoms with Gasteiger partial charge in [0.25, 0.3) is 5.56 Å². The van der Waals surface area contributed by atoms with Crippen LogP contribution in [0.5, 0.6) is 0 Å². The minimum atomic E-state index is -0.655. The zero-order valence-electron chi connectivity index (χ0n) is 18.9. The first-order valence-electron chi connectivity index (χ1n) is 11.2. The second kappa shape index (κ2) is 10.7. The van der Waals surface area contributed by atoms with Crippen LogP contribution in [0.1, 0.15) is 24.5 Å². The Kier molecular flexibility index (Phi) is 7.25. The van der Waals surface area contributed by atoms with Crippen LogP contribution in [0.15, 0.2) is 65.5 Å². The third-order valence-corrected chi connectivity index (χ3v) is 5.47. The van der Waals surface area contributed by atoms with Crippen LogP contribution in [0.2, 0.25) is 0 Å². The van der Waals surface area contributed by atoms with E-state index < -0.39 is 5.95 Å². The van der Waals surface area contributed by atoms with E-state index in [9.17, 15) is 4.79 Å². The lowest BCUT2D eigenvalue weighted by Crippen LogP contribution is -2.24. The van der Waals surface area contributed by atoms with Gasteiger partial charge in [0.2, 0.25) is 5.95 Å². The Bertz CT molecular complexity index is 1390. The average molecular weight is 457 g/mol. The fraction of sp³-hybridized carbons (Fsp3) is 0.231. The molecule has 34 heavy (non-hydrogen) atoms. The third kappa shape index (κ3) is 5.11. The minimum absolute atomic E-state index is 0.197. The molecule has 0 radical (unpaired) electrons. The Morgan fingerprint density at radius 2 is 1.79 bits per heavy atom. The van der Waals surface area contributed by atoms with Gasteiger partial charge in [0, 0.05) is 11.9 Å². The van der Waals surface area contributed by atoms with Crippen LogP contribution in [0.3, 0.4) is 0 Å². The Labute approximate surface area is 196 Å². The van der Waals surface area contributed by atoms with Crippen LogP contribution in [0.4, 0.5) is 10.2 Å². The Balaban J connectivity index is 1.68. The van der Waals surface area contributed by atoms with E-state index in [4.69, 9.17) is 5.26 Å². The highest BCUT2D eigenvalue weighted by Gasteiger charge is 2.17. The summed E-state index contributed by atoms with van der Waals surface area (Å²) in [5, 5.41) is 20.9. The molecule has 0 atom stereocenters. The molecule has 2 aromatic carbocycles. The average Bonchev–Trinajstić information content (AvgIpc) is 2.86. The number of pyridine rings is 1. The fourth-order valence-electron chi connectivity index (χ4n) is 3.71. The molecule has 0 amide bonds. The topological polar surface area (TPSA) is 95.6 Å². The van der Waals surface area contributed by atoms with E-state index in [2.05, 4.69) is 26.8 Å². The molecule has 0 spiro atoms. The number of nitrogens with one attached hydrogen (secondary N) is 2. The Morgan fingerprint density at radius 3 is 2.50 bits per heavy atom. The minimum Gasteiger partial charge on any atom is -0.370 e. The summed E-state index contributed by atoms with van der Waals surface area (Å²) in [5.41, 5.74) is 1.66. The standard InChI is InChI=1S/C26H25FN6O/c1-2-29-14-5-15-30-23-13-12-22(25(27)31-23)24-20-6-3-4-7-21(20)26(34)33(32-24)17-19-10-8-18(16-28)9-11-19/h3-4,6-13,29H,2,5,14-15,17H2,1H3,(H,30,31). The molecule has 0 aliphatic carbocycles. The summed E-state index contributed by atoms with van der Waals surface area (Å²) in [6.07, 6.45) is 0.894. The molecule has 0 aliphatic heterocycles. The van der Waals surface area contributed by atoms with Crippen LogP contribution in [-0.2, 0) is 6.54 Å². The van der Waals surface area contributed by atoms with Gasteiger partial charge in [-0.05, 0) is 55.4 Å². The maximum atomic E-state index is 15.1. The van der Waals surface area contributed by atoms with Crippen molar-refractivity contribution in [2.75, 3.05) is 25.0 Å². The molecule has 0 fully saturated rings. The van der Waals surface area contributed by atoms with Gasteiger partial charge in [-0.25, -0.2) is 9.67 Å². The van der Waals surface area contributed by atoms with Gasteiger partial charge in [-0.15, -0.1) is 0 Å². The predicted octanol–water partition coefficient (Wildman–Crippen LogP) is 3.93. The first-order valence-corrected chi connectivity index (χ1v) is 11.2. The van der Waals surface area contributed by atoms with Gasteiger partial charge in [0.15, 0.2) is 0 Å². The molecule has 0 bridgehead atoms. The van der Waals surface area contributed by atoms with E-state index in [1.165, 1.54) is 4.68 Å². The SMILES string of the molecule is CCNCCCNc1ccc(-c2nn(Cc3ccc(C#N)cc3)c(=O)c3ccccc23)c(F)n1. The number of hydrogen-bond donors (Lipinski definition) is 2. The summed E-state index contributed by atoms with van der Waals surface area (Å²) in [4.78, 5) is 17.2. The number of anilines is 1. The number of halogens is 1. The quantitative estimate of drug-likeness (QED) is 0.293. The summed E-state index contributed by atoms with van der Waals surface area (Å²) >= 11 is 0. The molecule has 2 heterocycles. The normalized spacial score (nSPS) is 10.9. The van der Waals surface area contributed by atoms with Gasteiger partial charge < -0.3 is 10.6 Å². The highest BCUT2D eigenvalue weighted by molar-refractivity contribution is 5.93. The summed E-state index contributed by atoms with van der Waals surface area (Å²) < 4.78 is 16.4. The van der Waals surface area contributed by atoms with Gasteiger partial charge in [-0.1, -0.05) is 37.3 Å². The molecule has 172 valence electrons. The van der Waals surface area contributed by atoms with E-state index in [1.54, 1.807) is 60.7 Å². The van der Waals surface area contributed by atoms with Crippen LogP contribution < -0.4 is 16.2 Å². The highest BCUT2D eigenvalue weighted by atomic mass is 19.1. The van der Waals surface area contributed by atoms with E-state index in [0.717, 1.165) is 25.1 Å². The number of benzene rings is 2. The van der Waals surface area contributed by atoms with Crippen molar-refractivity contribution in [2.45, 2.75) is 19.9 Å². The number of nitrogens with zero attached hydrogens (tertiary/aromatic N) is 4. The predicted molar refractivity (Wildman–Crippen MR) is 131 cm³/mol. The van der Waals surface area contributed by atoms with Gasteiger partial charge in [-0.3, -0.25) is 4.79 Å². The second-order valence-electron chi connectivity index (χ2n) is 7.83. The number of aromatic nitrogens is 3. The number of fused-ring (bicyclic) bond motifs is 1. The summed E-state index contributed by atoms with van der Waals surface area (Å²) in [6, 6.07) is 19.4. The lowest BCUT2D eigenvalue weighted by atomic mass is 10.1. The molecule has 8 heteroatoms. The maximum Gasteiger partial charge on any atom is 0.274 e. The van der Waals surface area contributed by atoms with Gasteiger partial charge in [0.1, 0.15) is 11.5 Å². The van der Waals surface area contributed by atoms with Crippen molar-refractivity contribution in [2.24, 2.45) is 0 Å². The fourth-order valence-corrected chi connectivity index (χ4v) is 3.71. The van der Waals surface area contributed by atoms with E-state index >= 15 is 4.39 Å². The van der Waals surface area contributed by atoms with Crippen molar-refractivity contribution in [1.82, 2.24) is 20.1 Å². The summed E-state index contributed by atoms with van der Waals surface area (Å²) in [7, 11) is 0. The first kappa shape index (κ1) is 23.1. The van der Waals surface area contributed by atoms with Crippen molar-refractivity contribution < 1.29 is 4.39 Å². The second-order valence-corrected chi connectivity index (χ2v) is 7.83. The lowest BCUT2D eigenvalue weighted by molar-refractivity contribution is 0.585. The van der Waals surface area contributed by atoms with Crippen LogP contribution in [0, 0.1) is 17.3 Å². The lowest BCUT2D eigenvalue weighted by Gasteiger charge is -2.13. The molecule has 0 unspecified atom stereocenters. The molecule has 7 nitrogen and oxygen atoms in total. The molecule has 0 aliphatic rings. The summed E-state index contributed by atoms with van der Waals surface area (Å²) in [6.45, 7) is 4.71. The third-order valence-electron chi connectivity index (χ3n) is 5.47. The number of hydrogen-bond acceptors (Lipinski definition) is 6. The molecule has 4 rings (SSSR count). The van der Waals surface area contributed by atoms with E-state index in [1.807, 2.05) is 6.92 Å². The van der Waals surface area contributed by atoms with E-state index in [-0.39, 0.29) is 17.7 Å². The van der Waals surface area contributed by atoms with Crippen LogP contribution in [-0.4, -0.2) is 34.4 Å². The molecular formula is C26H25FN6O. The van der Waals surface area contributed by atoms with E-state index in [0.29, 0.717) is 34.4 Å². The Hall–Kier alpha value is -4.09. The number of nitriles is 1. The highest BCUT2D eigenvalue weighted by Crippen LogP contribution is 2.27. The molecule has 4 aromatic rings. The van der Waals surface area contributed by atoms with Crippen molar-refractivity contribution in [3.63, 3.8) is 0 Å². The van der Waals surface area contributed by atoms with Gasteiger partial charge >= 0.3 is 0 Å². The summed E-state index contributed by atoms with van der Waals surface area (Å²) in [5.74, 6) is -0.203. The molecule has 0 saturated heterocycles. The largest absolute Gasteiger partial charge is 0.370 e. The zero-order valence-corrected chi connectivity index (χ0v) is 18.9. The Morgan fingerprint density at radius 1 is 1.03 bits per heavy atom. The smallest absolute Gasteiger partial charge is 0.274 e. The van der Waals surface area contributed by atoms with Crippen molar-refractivity contribution in [3.8, 4) is 17.3 Å². The molecule has 0 saturated carbocycles. The molecular weight excluding hydrogens is 431 g/mol. The molecule has 2 N–H and O–H groups in total. The monoisotopic (exact) mass is 456 g/mol. The first-order chi connectivity index (χ1) is 16.6. The zero-order chi connectivity index (χ0) is 23.9. The molecule has 2 aromatic heterocycles. The van der Waals surface area contributed by atoms with Crippen LogP contribution >= 0.6 is 0 Å². The number of rotatable bonds is 9. The van der Waals surface area contributed by atoms with Crippen molar-refractivity contribution in [3.05, 3.63) is 88.1 Å². The van der Waals surface area contributed by atoms with Crippen molar-refractivity contribution in [1.29, 1.82) is 5.26 Å². The van der Waals surface area contributed by atoms with Crippen molar-refractivity contribution >= 4 is 16.6 Å².